The van der Waals surface area contributed by atoms with Crippen molar-refractivity contribution in [3.63, 3.8) is 0 Å². The third kappa shape index (κ3) is 4.72. The van der Waals surface area contributed by atoms with Crippen molar-refractivity contribution in [3.05, 3.63) is 77.4 Å². The van der Waals surface area contributed by atoms with Gasteiger partial charge in [-0.3, -0.25) is 24.1 Å². The van der Waals surface area contributed by atoms with Crippen molar-refractivity contribution in [2.24, 2.45) is 0 Å². The highest BCUT2D eigenvalue weighted by Crippen LogP contribution is 2.30. The molecule has 1 fully saturated rings. The Morgan fingerprint density at radius 2 is 1.67 bits per heavy atom. The number of amides is 4. The first kappa shape index (κ1) is 23.7. The van der Waals surface area contributed by atoms with Crippen LogP contribution < -0.4 is 10.6 Å². The van der Waals surface area contributed by atoms with Gasteiger partial charge in [0.15, 0.2) is 0 Å². The summed E-state index contributed by atoms with van der Waals surface area (Å²) in [6, 6.07) is 17.6. The zero-order valence-corrected chi connectivity index (χ0v) is 19.8. The number of anilines is 1. The summed E-state index contributed by atoms with van der Waals surface area (Å²) in [6.45, 7) is 1.26. The fourth-order valence-electron chi connectivity index (χ4n) is 4.79. The number of carbonyl (C=O) groups excluding carboxylic acids is 4. The van der Waals surface area contributed by atoms with Crippen LogP contribution in [0.2, 0.25) is 0 Å². The molecule has 2 N–H and O–H groups in total. The lowest BCUT2D eigenvalue weighted by Crippen LogP contribution is -2.41. The van der Waals surface area contributed by atoms with Gasteiger partial charge < -0.3 is 15.4 Å². The third-order valence-electron chi connectivity index (χ3n) is 6.60. The van der Waals surface area contributed by atoms with Crippen LogP contribution in [0.4, 0.5) is 5.69 Å². The van der Waals surface area contributed by atoms with E-state index in [9.17, 15) is 19.2 Å². The molecule has 0 aromatic heterocycles. The molecule has 8 heteroatoms. The predicted octanol–water partition coefficient (Wildman–Crippen LogP) is 3.76. The van der Waals surface area contributed by atoms with E-state index in [-0.39, 0.29) is 42.7 Å². The number of ether oxygens (including phenoxy) is 1. The minimum absolute atomic E-state index is 0.0230. The summed E-state index contributed by atoms with van der Waals surface area (Å²) < 4.78 is 5.54. The second kappa shape index (κ2) is 10.3. The van der Waals surface area contributed by atoms with Crippen molar-refractivity contribution in [3.8, 4) is 0 Å². The Morgan fingerprint density at radius 1 is 0.944 bits per heavy atom. The lowest BCUT2D eigenvalue weighted by atomic mass is 9.94. The lowest BCUT2D eigenvalue weighted by Gasteiger charge is -2.27. The van der Waals surface area contributed by atoms with E-state index in [1.54, 1.807) is 48.5 Å². The second-order valence-corrected chi connectivity index (χ2v) is 9.01. The molecule has 5 rings (SSSR count). The molecule has 3 aromatic carbocycles. The highest BCUT2D eigenvalue weighted by Gasteiger charge is 2.32. The van der Waals surface area contributed by atoms with Gasteiger partial charge in [-0.25, -0.2) is 0 Å². The number of hydrogen-bond donors (Lipinski definition) is 2. The van der Waals surface area contributed by atoms with Crippen LogP contribution in [0.5, 0.6) is 0 Å². The molecular weight excluding hydrogens is 458 g/mol. The van der Waals surface area contributed by atoms with Gasteiger partial charge in [0, 0.05) is 42.6 Å². The Morgan fingerprint density at radius 3 is 2.36 bits per heavy atom. The van der Waals surface area contributed by atoms with E-state index in [2.05, 4.69) is 10.6 Å². The van der Waals surface area contributed by atoms with E-state index in [1.165, 1.54) is 4.90 Å². The number of nitrogens with one attached hydrogen (secondary N) is 2. The van der Waals surface area contributed by atoms with Gasteiger partial charge in [0.2, 0.25) is 5.91 Å². The van der Waals surface area contributed by atoms with Crippen LogP contribution in [0.15, 0.2) is 60.7 Å². The lowest BCUT2D eigenvalue weighted by molar-refractivity contribution is -0.116. The maximum Gasteiger partial charge on any atom is 0.261 e. The van der Waals surface area contributed by atoms with E-state index in [4.69, 9.17) is 4.74 Å². The van der Waals surface area contributed by atoms with Gasteiger partial charge in [0.1, 0.15) is 0 Å². The van der Waals surface area contributed by atoms with Crippen molar-refractivity contribution < 1.29 is 23.9 Å². The molecule has 0 spiro atoms. The van der Waals surface area contributed by atoms with Crippen LogP contribution in [0, 0.1) is 0 Å². The number of nitrogens with zero attached hydrogens (tertiary/aromatic N) is 1. The van der Waals surface area contributed by atoms with E-state index in [0.717, 1.165) is 18.2 Å². The van der Waals surface area contributed by atoms with Crippen LogP contribution in [0.25, 0.3) is 10.8 Å². The van der Waals surface area contributed by atoms with Gasteiger partial charge >= 0.3 is 0 Å². The molecule has 0 saturated carbocycles. The Hall–Kier alpha value is -4.04. The number of rotatable bonds is 8. The number of carbonyl (C=O) groups is 4. The Bertz CT molecular complexity index is 1300. The van der Waals surface area contributed by atoms with Crippen LogP contribution >= 0.6 is 0 Å². The van der Waals surface area contributed by atoms with Gasteiger partial charge in [-0.2, -0.15) is 0 Å². The summed E-state index contributed by atoms with van der Waals surface area (Å²) in [7, 11) is 0. The minimum Gasteiger partial charge on any atom is -0.376 e. The Kier molecular flexibility index (Phi) is 6.77. The topological polar surface area (TPSA) is 105 Å². The van der Waals surface area contributed by atoms with Crippen molar-refractivity contribution >= 4 is 40.1 Å². The average Bonchev–Trinajstić information content (AvgIpc) is 3.42. The second-order valence-electron chi connectivity index (χ2n) is 9.01. The number of benzene rings is 3. The molecule has 184 valence electrons. The standard InChI is InChI=1S/C28H27N3O5/c32-24(30-23-13-2-1-10-20(23)26(33)29-17-19-9-6-16-36-19)14-5-15-31-27(34)21-11-3-7-18-8-4-12-22(25(18)21)28(31)35/h1-4,7-8,10-13,19H,5-6,9,14-17H2,(H,29,33)(H,30,32). The molecule has 0 bridgehead atoms. The summed E-state index contributed by atoms with van der Waals surface area (Å²) in [5.41, 5.74) is 1.78. The normalized spacial score (nSPS) is 16.9. The van der Waals surface area contributed by atoms with E-state index in [1.807, 2.05) is 12.1 Å². The molecule has 0 radical (unpaired) electrons. The quantitative estimate of drug-likeness (QED) is 0.473. The molecule has 36 heavy (non-hydrogen) atoms. The molecule has 8 nitrogen and oxygen atoms in total. The monoisotopic (exact) mass is 485 g/mol. The molecule has 4 amide bonds. The number of hydrogen-bond acceptors (Lipinski definition) is 5. The third-order valence-corrected chi connectivity index (χ3v) is 6.60. The van der Waals surface area contributed by atoms with Crippen LogP contribution in [-0.2, 0) is 9.53 Å². The predicted molar refractivity (Wildman–Crippen MR) is 135 cm³/mol. The van der Waals surface area contributed by atoms with Gasteiger partial charge in [-0.05, 0) is 48.9 Å². The fourth-order valence-corrected chi connectivity index (χ4v) is 4.79. The van der Waals surface area contributed by atoms with E-state index in [0.29, 0.717) is 47.3 Å². The van der Waals surface area contributed by atoms with Gasteiger partial charge in [0.05, 0.1) is 17.4 Å². The first-order chi connectivity index (χ1) is 17.5. The van der Waals surface area contributed by atoms with Gasteiger partial charge in [0.25, 0.3) is 17.7 Å². The first-order valence-electron chi connectivity index (χ1n) is 12.2. The van der Waals surface area contributed by atoms with Crippen molar-refractivity contribution in [2.45, 2.75) is 31.8 Å². The van der Waals surface area contributed by atoms with E-state index >= 15 is 0 Å². The average molecular weight is 486 g/mol. The minimum atomic E-state index is -0.349. The Labute approximate surface area is 208 Å². The fraction of sp³-hybridized carbons (Fsp3) is 0.286. The summed E-state index contributed by atoms with van der Waals surface area (Å²) in [4.78, 5) is 52.6. The number of imide groups is 1. The summed E-state index contributed by atoms with van der Waals surface area (Å²) in [5, 5.41) is 7.19. The van der Waals surface area contributed by atoms with Gasteiger partial charge in [-0.1, -0.05) is 36.4 Å². The molecule has 1 saturated heterocycles. The summed E-state index contributed by atoms with van der Waals surface area (Å²) >= 11 is 0. The maximum absolute atomic E-state index is 13.0. The van der Waals surface area contributed by atoms with Crippen LogP contribution in [0.3, 0.4) is 0 Å². The van der Waals surface area contributed by atoms with Crippen LogP contribution in [0.1, 0.15) is 56.8 Å². The molecule has 0 aliphatic carbocycles. The van der Waals surface area contributed by atoms with Gasteiger partial charge in [-0.15, -0.1) is 0 Å². The van der Waals surface area contributed by atoms with E-state index < -0.39 is 0 Å². The van der Waals surface area contributed by atoms with Crippen molar-refractivity contribution in [2.75, 3.05) is 25.0 Å². The summed E-state index contributed by atoms with van der Waals surface area (Å²) in [6.07, 6.45) is 2.32. The molecular formula is C28H27N3O5. The first-order valence-corrected chi connectivity index (χ1v) is 12.2. The highest BCUT2D eigenvalue weighted by atomic mass is 16.5. The van der Waals surface area contributed by atoms with Crippen molar-refractivity contribution in [1.82, 2.24) is 10.2 Å². The molecule has 1 unspecified atom stereocenters. The SMILES string of the molecule is O=C(CCCN1C(=O)c2cccc3cccc(c23)C1=O)Nc1ccccc1C(=O)NCC1CCCO1. The molecule has 2 aliphatic rings. The largest absolute Gasteiger partial charge is 0.376 e. The number of para-hydroxylation sites is 1. The smallest absolute Gasteiger partial charge is 0.261 e. The molecule has 2 heterocycles. The Balaban J connectivity index is 1.18. The maximum atomic E-state index is 13.0. The highest BCUT2D eigenvalue weighted by molar-refractivity contribution is 6.25. The molecule has 1 atom stereocenters. The zero-order chi connectivity index (χ0) is 25.1. The molecule has 3 aromatic rings. The van der Waals surface area contributed by atoms with Crippen LogP contribution in [-0.4, -0.2) is 54.3 Å². The zero-order valence-electron chi connectivity index (χ0n) is 19.8. The summed E-state index contributed by atoms with van der Waals surface area (Å²) in [5.74, 6) is -1.27. The molecule has 2 aliphatic heterocycles. The van der Waals surface area contributed by atoms with Crippen molar-refractivity contribution in [1.29, 1.82) is 0 Å².